The number of imide groups is 1. The average molecular weight is 506 g/mol. The van der Waals surface area contributed by atoms with E-state index in [0.717, 1.165) is 42.5 Å². The summed E-state index contributed by atoms with van der Waals surface area (Å²) in [6.45, 7) is 5.22. The van der Waals surface area contributed by atoms with Crippen molar-refractivity contribution in [1.29, 1.82) is 0 Å². The third-order valence-electron chi connectivity index (χ3n) is 8.02. The van der Waals surface area contributed by atoms with Crippen LogP contribution in [0, 0.1) is 17.8 Å². The van der Waals surface area contributed by atoms with Crippen molar-refractivity contribution in [2.45, 2.75) is 65.0 Å². The summed E-state index contributed by atoms with van der Waals surface area (Å²) in [5, 5.41) is 12.2. The van der Waals surface area contributed by atoms with Gasteiger partial charge in [0.2, 0.25) is 11.8 Å². The smallest absolute Gasteiger partial charge is 0.234 e. The summed E-state index contributed by atoms with van der Waals surface area (Å²) >= 11 is 1.59. The van der Waals surface area contributed by atoms with Gasteiger partial charge < -0.3 is 9.84 Å². The number of amides is 2. The number of hydrogen-bond acceptors (Lipinski definition) is 5. The Bertz CT molecular complexity index is 1180. The number of thiophene rings is 1. The van der Waals surface area contributed by atoms with Gasteiger partial charge in [-0.15, -0.1) is 11.3 Å². The van der Waals surface area contributed by atoms with Crippen molar-refractivity contribution in [3.05, 3.63) is 68.9 Å². The van der Waals surface area contributed by atoms with Gasteiger partial charge in [0, 0.05) is 16.4 Å². The van der Waals surface area contributed by atoms with E-state index in [1.807, 2.05) is 35.7 Å². The fraction of sp³-hybridized carbons (Fsp3) is 0.467. The standard InChI is InChI=1S/C30H35NO4S/c1-3-8-21-16-23-28(30(34)31(29(23)33)17-22-10-7-14-36-22)24-18-35-26(27(21)24)13-12-19(4-2)15-20-9-5-6-11-25(20)32/h5-7,9-11,14-15,23-24,26,28,32H,3-4,8,12-13,16-18H2,1-2H3/b19-15+/t23-,24+,26-,28-/m1/s1. The van der Waals surface area contributed by atoms with Crippen molar-refractivity contribution >= 4 is 29.2 Å². The van der Waals surface area contributed by atoms with Crippen LogP contribution in [-0.2, 0) is 20.9 Å². The van der Waals surface area contributed by atoms with E-state index in [1.54, 1.807) is 17.4 Å². The monoisotopic (exact) mass is 505 g/mol. The Kier molecular flexibility index (Phi) is 7.44. The molecule has 2 aromatic rings. The highest BCUT2D eigenvalue weighted by Crippen LogP contribution is 2.51. The molecule has 1 N–H and O–H groups in total. The van der Waals surface area contributed by atoms with Gasteiger partial charge in [-0.1, -0.05) is 61.8 Å². The molecule has 0 bridgehead atoms. The van der Waals surface area contributed by atoms with E-state index in [0.29, 0.717) is 25.3 Å². The van der Waals surface area contributed by atoms with Gasteiger partial charge >= 0.3 is 0 Å². The Labute approximate surface area is 217 Å². The van der Waals surface area contributed by atoms with Gasteiger partial charge in [-0.3, -0.25) is 14.5 Å². The molecule has 1 aromatic heterocycles. The molecule has 2 fully saturated rings. The first kappa shape index (κ1) is 25.0. The zero-order chi connectivity index (χ0) is 25.2. The van der Waals surface area contributed by atoms with Crippen LogP contribution in [0.5, 0.6) is 5.75 Å². The number of fused-ring (bicyclic) bond motifs is 3. The number of carbonyl (C=O) groups is 2. The highest BCUT2D eigenvalue weighted by Gasteiger charge is 2.56. The van der Waals surface area contributed by atoms with Gasteiger partial charge in [-0.2, -0.15) is 0 Å². The second kappa shape index (κ2) is 10.7. The van der Waals surface area contributed by atoms with Gasteiger partial charge in [-0.05, 0) is 55.2 Å². The Hall–Kier alpha value is -2.70. The number of allylic oxidation sites excluding steroid dienone is 2. The van der Waals surface area contributed by atoms with E-state index < -0.39 is 0 Å². The van der Waals surface area contributed by atoms with Crippen LogP contribution in [0.3, 0.4) is 0 Å². The normalized spacial score (nSPS) is 26.1. The number of ether oxygens (including phenoxy) is 1. The highest BCUT2D eigenvalue weighted by atomic mass is 32.1. The van der Waals surface area contributed by atoms with Crippen LogP contribution in [0.15, 0.2) is 58.5 Å². The maximum Gasteiger partial charge on any atom is 0.234 e. The zero-order valence-corrected chi connectivity index (χ0v) is 21.9. The molecule has 4 atom stereocenters. The largest absolute Gasteiger partial charge is 0.507 e. The number of rotatable bonds is 9. The molecule has 3 heterocycles. The van der Waals surface area contributed by atoms with Crippen LogP contribution in [0.1, 0.15) is 62.8 Å². The summed E-state index contributed by atoms with van der Waals surface area (Å²) in [5.74, 6) is -0.263. The molecule has 1 aromatic carbocycles. The lowest BCUT2D eigenvalue weighted by atomic mass is 9.68. The molecule has 3 aliphatic rings. The summed E-state index contributed by atoms with van der Waals surface area (Å²) in [5.41, 5.74) is 4.75. The van der Waals surface area contributed by atoms with E-state index in [1.165, 1.54) is 21.6 Å². The minimum Gasteiger partial charge on any atom is -0.507 e. The van der Waals surface area contributed by atoms with E-state index in [9.17, 15) is 14.7 Å². The number of likely N-dealkylation sites (tertiary alicyclic amines) is 1. The fourth-order valence-electron chi connectivity index (χ4n) is 6.29. The van der Waals surface area contributed by atoms with Crippen LogP contribution in [0.2, 0.25) is 0 Å². The number of benzene rings is 1. The van der Waals surface area contributed by atoms with Crippen molar-refractivity contribution in [3.8, 4) is 5.75 Å². The van der Waals surface area contributed by atoms with Gasteiger partial charge in [0.15, 0.2) is 0 Å². The lowest BCUT2D eigenvalue weighted by Crippen LogP contribution is -2.34. The number of aromatic hydroxyl groups is 1. The lowest BCUT2D eigenvalue weighted by Gasteiger charge is -2.32. The van der Waals surface area contributed by atoms with Crippen LogP contribution < -0.4 is 0 Å². The molecule has 36 heavy (non-hydrogen) atoms. The Morgan fingerprint density at radius 3 is 2.69 bits per heavy atom. The first-order chi connectivity index (χ1) is 17.5. The first-order valence-corrected chi connectivity index (χ1v) is 14.1. The fourth-order valence-corrected chi connectivity index (χ4v) is 6.98. The van der Waals surface area contributed by atoms with Crippen molar-refractivity contribution < 1.29 is 19.4 Å². The maximum atomic E-state index is 13.5. The minimum atomic E-state index is -0.291. The SMILES string of the molecule is CCCC1=C2[C@@H](CC/C(=C/c3ccccc3O)CC)OC[C@@H]2[C@@H]2C(=O)N(Cc3cccs3)C(=O)[C@@H]2C1. The average Bonchev–Trinajstić information content (AvgIpc) is 3.60. The molecule has 190 valence electrons. The van der Waals surface area contributed by atoms with Gasteiger partial charge in [0.05, 0.1) is 31.1 Å². The van der Waals surface area contributed by atoms with Crippen molar-refractivity contribution in [3.63, 3.8) is 0 Å². The van der Waals surface area contributed by atoms with Crippen molar-refractivity contribution in [2.24, 2.45) is 17.8 Å². The predicted octanol–water partition coefficient (Wildman–Crippen LogP) is 6.34. The minimum absolute atomic E-state index is 0.00613. The second-order valence-electron chi connectivity index (χ2n) is 10.2. The summed E-state index contributed by atoms with van der Waals surface area (Å²) < 4.78 is 6.36. The molecule has 1 aliphatic carbocycles. The molecular weight excluding hydrogens is 470 g/mol. The second-order valence-corrected chi connectivity index (χ2v) is 11.2. The van der Waals surface area contributed by atoms with Crippen LogP contribution in [-0.4, -0.2) is 34.5 Å². The molecule has 5 nitrogen and oxygen atoms in total. The maximum absolute atomic E-state index is 13.5. The molecule has 0 radical (unpaired) electrons. The van der Waals surface area contributed by atoms with Crippen LogP contribution in [0.4, 0.5) is 0 Å². The van der Waals surface area contributed by atoms with Crippen LogP contribution in [0.25, 0.3) is 6.08 Å². The number of phenolic OH excluding ortho intramolecular Hbond substituents is 1. The van der Waals surface area contributed by atoms with Crippen LogP contribution >= 0.6 is 11.3 Å². The molecular formula is C30H35NO4S. The Balaban J connectivity index is 1.36. The number of nitrogens with zero attached hydrogens (tertiary/aromatic N) is 1. The van der Waals surface area contributed by atoms with E-state index >= 15 is 0 Å². The molecule has 2 aliphatic heterocycles. The van der Waals surface area contributed by atoms with E-state index in [-0.39, 0.29) is 35.7 Å². The number of phenols is 1. The quantitative estimate of drug-likeness (QED) is 0.319. The van der Waals surface area contributed by atoms with Crippen molar-refractivity contribution in [2.75, 3.05) is 6.61 Å². The Morgan fingerprint density at radius 2 is 1.97 bits per heavy atom. The molecule has 0 unspecified atom stereocenters. The Morgan fingerprint density at radius 1 is 1.14 bits per heavy atom. The van der Waals surface area contributed by atoms with Crippen molar-refractivity contribution in [1.82, 2.24) is 4.90 Å². The molecule has 0 spiro atoms. The number of para-hydroxylation sites is 1. The molecule has 5 rings (SSSR count). The summed E-state index contributed by atoms with van der Waals surface area (Å²) in [4.78, 5) is 29.5. The van der Waals surface area contributed by atoms with E-state index in [4.69, 9.17) is 4.74 Å². The summed E-state index contributed by atoms with van der Waals surface area (Å²) in [7, 11) is 0. The highest BCUT2D eigenvalue weighted by molar-refractivity contribution is 7.09. The molecule has 0 saturated carbocycles. The van der Waals surface area contributed by atoms with Gasteiger partial charge in [-0.25, -0.2) is 0 Å². The molecule has 6 heteroatoms. The summed E-state index contributed by atoms with van der Waals surface area (Å²) in [6, 6.07) is 11.4. The molecule has 2 saturated heterocycles. The third kappa shape index (κ3) is 4.69. The first-order valence-electron chi connectivity index (χ1n) is 13.2. The van der Waals surface area contributed by atoms with Gasteiger partial charge in [0.25, 0.3) is 0 Å². The number of hydrogen-bond donors (Lipinski definition) is 1. The van der Waals surface area contributed by atoms with E-state index in [2.05, 4.69) is 19.9 Å². The predicted molar refractivity (Wildman–Crippen MR) is 142 cm³/mol. The topological polar surface area (TPSA) is 66.8 Å². The zero-order valence-electron chi connectivity index (χ0n) is 21.1. The third-order valence-corrected chi connectivity index (χ3v) is 8.88. The summed E-state index contributed by atoms with van der Waals surface area (Å²) in [6.07, 6.45) is 7.36. The number of carbonyl (C=O) groups excluding carboxylic acids is 2. The molecule has 2 amide bonds. The van der Waals surface area contributed by atoms with Gasteiger partial charge in [0.1, 0.15) is 5.75 Å². The lowest BCUT2D eigenvalue weighted by molar-refractivity contribution is -0.140.